The first-order chi connectivity index (χ1) is 5.75. The Labute approximate surface area is 82.5 Å². The molecule has 1 aliphatic rings. The van der Waals surface area contributed by atoms with Gasteiger partial charge >= 0.3 is 0 Å². The second-order valence-corrected chi connectivity index (χ2v) is 6.30. The van der Waals surface area contributed by atoms with Crippen LogP contribution in [0.15, 0.2) is 0 Å². The van der Waals surface area contributed by atoms with Gasteiger partial charge in [-0.1, -0.05) is 41.0 Å². The first kappa shape index (κ1) is 11.0. The highest BCUT2D eigenvalue weighted by molar-refractivity contribution is 4.92. The highest BCUT2D eigenvalue weighted by Crippen LogP contribution is 2.45. The lowest BCUT2D eigenvalue weighted by molar-refractivity contribution is -0.0703. The monoisotopic (exact) mass is 184 g/mol. The van der Waals surface area contributed by atoms with E-state index in [9.17, 15) is 5.11 Å². The third-order valence-corrected chi connectivity index (χ3v) is 3.63. The van der Waals surface area contributed by atoms with Gasteiger partial charge in [0.15, 0.2) is 0 Å². The molecule has 0 aromatic heterocycles. The molecule has 1 N–H and O–H groups in total. The van der Waals surface area contributed by atoms with Crippen molar-refractivity contribution in [1.82, 2.24) is 0 Å². The Hall–Kier alpha value is -0.0400. The predicted molar refractivity (Wildman–Crippen MR) is 56.6 cm³/mol. The molecule has 0 aliphatic heterocycles. The molecule has 2 atom stereocenters. The molecule has 1 nitrogen and oxygen atoms in total. The number of hydrogen-bond donors (Lipinski definition) is 1. The van der Waals surface area contributed by atoms with Crippen LogP contribution in [0.5, 0.6) is 0 Å². The molecule has 1 rings (SSSR count). The van der Waals surface area contributed by atoms with Crippen molar-refractivity contribution >= 4 is 0 Å². The van der Waals surface area contributed by atoms with Crippen LogP contribution in [0.25, 0.3) is 0 Å². The van der Waals surface area contributed by atoms with Crippen LogP contribution in [0, 0.1) is 16.7 Å². The quantitative estimate of drug-likeness (QED) is 0.613. The molecule has 1 heteroatoms. The summed E-state index contributed by atoms with van der Waals surface area (Å²) in [5.74, 6) is 0.469. The van der Waals surface area contributed by atoms with E-state index in [1.807, 2.05) is 0 Å². The second kappa shape index (κ2) is 3.27. The van der Waals surface area contributed by atoms with Gasteiger partial charge in [-0.3, -0.25) is 0 Å². The summed E-state index contributed by atoms with van der Waals surface area (Å²) in [6.07, 6.45) is 3.50. The summed E-state index contributed by atoms with van der Waals surface area (Å²) in [5, 5.41) is 10.2. The maximum absolute atomic E-state index is 10.2. The van der Waals surface area contributed by atoms with Crippen LogP contribution >= 0.6 is 0 Å². The smallest absolute Gasteiger partial charge is 0.0624 e. The van der Waals surface area contributed by atoms with E-state index in [1.165, 1.54) is 19.3 Å². The van der Waals surface area contributed by atoms with Gasteiger partial charge in [-0.25, -0.2) is 0 Å². The van der Waals surface area contributed by atoms with Crippen molar-refractivity contribution in [3.05, 3.63) is 0 Å². The average Bonchev–Trinajstić information content (AvgIpc) is 1.92. The second-order valence-electron chi connectivity index (χ2n) is 6.30. The van der Waals surface area contributed by atoms with Gasteiger partial charge in [0, 0.05) is 0 Å². The lowest BCUT2D eigenvalue weighted by Gasteiger charge is -2.46. The van der Waals surface area contributed by atoms with Crippen LogP contribution < -0.4 is 0 Å². The van der Waals surface area contributed by atoms with Crippen molar-refractivity contribution in [1.29, 1.82) is 0 Å². The minimum atomic E-state index is -0.124. The highest BCUT2D eigenvalue weighted by atomic mass is 16.3. The van der Waals surface area contributed by atoms with E-state index in [2.05, 4.69) is 34.6 Å². The normalized spacial score (nSPS) is 34.6. The van der Waals surface area contributed by atoms with Gasteiger partial charge in [-0.05, 0) is 29.6 Å². The molecule has 1 saturated carbocycles. The van der Waals surface area contributed by atoms with E-state index >= 15 is 0 Å². The molecule has 0 heterocycles. The van der Waals surface area contributed by atoms with E-state index in [0.717, 1.165) is 0 Å². The molecule has 1 fully saturated rings. The third-order valence-electron chi connectivity index (χ3n) is 3.63. The summed E-state index contributed by atoms with van der Waals surface area (Å²) < 4.78 is 0. The van der Waals surface area contributed by atoms with E-state index in [0.29, 0.717) is 5.92 Å². The zero-order valence-corrected chi connectivity index (χ0v) is 9.72. The molecule has 0 saturated heterocycles. The fourth-order valence-electron chi connectivity index (χ4n) is 2.53. The van der Waals surface area contributed by atoms with Crippen LogP contribution in [0.2, 0.25) is 0 Å². The molecule has 0 amide bonds. The van der Waals surface area contributed by atoms with Gasteiger partial charge in [0.2, 0.25) is 0 Å². The minimum absolute atomic E-state index is 0.121. The summed E-state index contributed by atoms with van der Waals surface area (Å²) in [4.78, 5) is 0. The first-order valence-electron chi connectivity index (χ1n) is 5.43. The van der Waals surface area contributed by atoms with Gasteiger partial charge < -0.3 is 5.11 Å². The molecule has 0 aromatic rings. The van der Waals surface area contributed by atoms with Crippen LogP contribution in [0.1, 0.15) is 53.9 Å². The van der Waals surface area contributed by atoms with Gasteiger partial charge in [0.1, 0.15) is 0 Å². The Balaban J connectivity index is 2.77. The van der Waals surface area contributed by atoms with Crippen molar-refractivity contribution in [2.75, 3.05) is 0 Å². The predicted octanol–water partition coefficient (Wildman–Crippen LogP) is 3.22. The molecule has 78 valence electrons. The van der Waals surface area contributed by atoms with Crippen molar-refractivity contribution in [2.45, 2.75) is 60.0 Å². The first-order valence-corrected chi connectivity index (χ1v) is 5.43. The van der Waals surface area contributed by atoms with Crippen LogP contribution in [0.4, 0.5) is 0 Å². The molecule has 0 unspecified atom stereocenters. The Morgan fingerprint density at radius 3 is 2.15 bits per heavy atom. The molecule has 0 radical (unpaired) electrons. The van der Waals surface area contributed by atoms with Crippen LogP contribution in [0.3, 0.4) is 0 Å². The fraction of sp³-hybridized carbons (Fsp3) is 1.00. The van der Waals surface area contributed by atoms with Crippen molar-refractivity contribution in [3.63, 3.8) is 0 Å². The van der Waals surface area contributed by atoms with Gasteiger partial charge in [-0.15, -0.1) is 0 Å². The van der Waals surface area contributed by atoms with Crippen LogP contribution in [-0.2, 0) is 0 Å². The number of aliphatic hydroxyl groups excluding tert-OH is 1. The van der Waals surface area contributed by atoms with E-state index in [4.69, 9.17) is 0 Å². The summed E-state index contributed by atoms with van der Waals surface area (Å²) in [6.45, 7) is 11.1. The SMILES string of the molecule is CC(C)(C)[C@H]1CCCC(C)(C)[C@H]1O. The Morgan fingerprint density at radius 1 is 1.23 bits per heavy atom. The molecule has 13 heavy (non-hydrogen) atoms. The summed E-state index contributed by atoms with van der Waals surface area (Å²) >= 11 is 0. The van der Waals surface area contributed by atoms with Gasteiger partial charge in [0.05, 0.1) is 6.10 Å². The molecule has 0 bridgehead atoms. The maximum atomic E-state index is 10.2. The van der Waals surface area contributed by atoms with E-state index in [-0.39, 0.29) is 16.9 Å². The Morgan fingerprint density at radius 2 is 1.77 bits per heavy atom. The summed E-state index contributed by atoms with van der Waals surface area (Å²) in [5.41, 5.74) is 0.368. The number of hydrogen-bond acceptors (Lipinski definition) is 1. The molecule has 1 aliphatic carbocycles. The lowest BCUT2D eigenvalue weighted by atomic mass is 9.62. The molecule has 0 aromatic carbocycles. The van der Waals surface area contributed by atoms with Gasteiger partial charge in [-0.2, -0.15) is 0 Å². The number of aliphatic hydroxyl groups is 1. The molecular formula is C12H24O. The topological polar surface area (TPSA) is 20.2 Å². The lowest BCUT2D eigenvalue weighted by Crippen LogP contribution is -2.45. The Bertz CT molecular complexity index is 176. The number of rotatable bonds is 0. The summed E-state index contributed by atoms with van der Waals surface area (Å²) in [6, 6.07) is 0. The third kappa shape index (κ3) is 2.25. The minimum Gasteiger partial charge on any atom is -0.392 e. The van der Waals surface area contributed by atoms with E-state index in [1.54, 1.807) is 0 Å². The van der Waals surface area contributed by atoms with Crippen molar-refractivity contribution < 1.29 is 5.11 Å². The van der Waals surface area contributed by atoms with Gasteiger partial charge in [0.25, 0.3) is 0 Å². The van der Waals surface area contributed by atoms with Crippen molar-refractivity contribution in [2.24, 2.45) is 16.7 Å². The summed E-state index contributed by atoms with van der Waals surface area (Å²) in [7, 11) is 0. The van der Waals surface area contributed by atoms with E-state index < -0.39 is 0 Å². The maximum Gasteiger partial charge on any atom is 0.0624 e. The Kier molecular flexibility index (Phi) is 2.78. The molecular weight excluding hydrogens is 160 g/mol. The highest BCUT2D eigenvalue weighted by Gasteiger charge is 2.42. The largest absolute Gasteiger partial charge is 0.392 e. The zero-order valence-electron chi connectivity index (χ0n) is 9.72. The van der Waals surface area contributed by atoms with Crippen molar-refractivity contribution in [3.8, 4) is 0 Å². The molecule has 0 spiro atoms. The standard InChI is InChI=1S/C12H24O/c1-11(2,3)9-7-6-8-12(4,5)10(9)13/h9-10,13H,6-8H2,1-5H3/t9-,10-/m0/s1. The zero-order chi connectivity index (χ0) is 10.3. The van der Waals surface area contributed by atoms with Crippen LogP contribution in [-0.4, -0.2) is 11.2 Å². The average molecular weight is 184 g/mol. The fourth-order valence-corrected chi connectivity index (χ4v) is 2.53.